The Morgan fingerprint density at radius 3 is 3.17 bits per heavy atom. The molecule has 0 radical (unpaired) electrons. The summed E-state index contributed by atoms with van der Waals surface area (Å²) in [5.41, 5.74) is 1.48. The molecule has 3 heteroatoms. The third kappa shape index (κ3) is 2.86. The summed E-state index contributed by atoms with van der Waals surface area (Å²) < 4.78 is 0. The van der Waals surface area contributed by atoms with Crippen LogP contribution in [0.5, 0.6) is 0 Å². The standard InChI is InChI=1S/C9H14ClNO/c10-6-3-5-8-4-1-2-7-11-9(8)12/h3,6,8H,1-2,4-5,7H2,(H,11,12)/b6-3+. The number of amides is 1. The molecular formula is C9H14ClNO. The second-order valence-electron chi connectivity index (χ2n) is 3.08. The van der Waals surface area contributed by atoms with Gasteiger partial charge in [-0.3, -0.25) is 4.79 Å². The molecule has 0 aromatic rings. The van der Waals surface area contributed by atoms with Crippen LogP contribution in [0.3, 0.4) is 0 Å². The number of hydrogen-bond donors (Lipinski definition) is 1. The average Bonchev–Trinajstić information content (AvgIpc) is 2.27. The molecule has 1 N–H and O–H groups in total. The molecule has 2 nitrogen and oxygen atoms in total. The summed E-state index contributed by atoms with van der Waals surface area (Å²) in [7, 11) is 0. The predicted octanol–water partition coefficient (Wildman–Crippen LogP) is 2.05. The van der Waals surface area contributed by atoms with Gasteiger partial charge >= 0.3 is 0 Å². The lowest BCUT2D eigenvalue weighted by Crippen LogP contribution is -2.28. The monoisotopic (exact) mass is 187 g/mol. The van der Waals surface area contributed by atoms with Crippen molar-refractivity contribution in [1.82, 2.24) is 5.32 Å². The number of allylic oxidation sites excluding steroid dienone is 1. The van der Waals surface area contributed by atoms with Crippen molar-refractivity contribution < 1.29 is 4.79 Å². The zero-order chi connectivity index (χ0) is 8.81. The molecule has 1 aliphatic rings. The Balaban J connectivity index is 2.42. The fourth-order valence-electron chi connectivity index (χ4n) is 1.44. The lowest BCUT2D eigenvalue weighted by atomic mass is 9.99. The van der Waals surface area contributed by atoms with Gasteiger partial charge in [0.2, 0.25) is 5.91 Å². The number of hydrogen-bond acceptors (Lipinski definition) is 1. The van der Waals surface area contributed by atoms with Gasteiger partial charge < -0.3 is 5.32 Å². The summed E-state index contributed by atoms with van der Waals surface area (Å²) in [5.74, 6) is 0.324. The predicted molar refractivity (Wildman–Crippen MR) is 50.0 cm³/mol. The highest BCUT2D eigenvalue weighted by molar-refractivity contribution is 6.25. The average molecular weight is 188 g/mol. The van der Waals surface area contributed by atoms with Crippen molar-refractivity contribution in [3.8, 4) is 0 Å². The third-order valence-electron chi connectivity index (χ3n) is 2.16. The largest absolute Gasteiger partial charge is 0.356 e. The van der Waals surface area contributed by atoms with Gasteiger partial charge in [0, 0.05) is 18.0 Å². The number of carbonyl (C=O) groups excluding carboxylic acids is 1. The van der Waals surface area contributed by atoms with Crippen molar-refractivity contribution in [2.45, 2.75) is 25.7 Å². The molecule has 0 aromatic heterocycles. The van der Waals surface area contributed by atoms with Crippen LogP contribution in [-0.4, -0.2) is 12.5 Å². The van der Waals surface area contributed by atoms with Crippen LogP contribution in [0.2, 0.25) is 0 Å². The highest BCUT2D eigenvalue weighted by atomic mass is 35.5. The van der Waals surface area contributed by atoms with E-state index in [9.17, 15) is 4.79 Å². The van der Waals surface area contributed by atoms with Crippen LogP contribution in [0.1, 0.15) is 25.7 Å². The fourth-order valence-corrected chi connectivity index (χ4v) is 1.55. The summed E-state index contributed by atoms with van der Waals surface area (Å²) in [6, 6.07) is 0. The van der Waals surface area contributed by atoms with Crippen LogP contribution >= 0.6 is 11.6 Å². The normalized spacial score (nSPS) is 25.4. The van der Waals surface area contributed by atoms with E-state index in [1.165, 1.54) is 5.54 Å². The molecule has 1 saturated heterocycles. The van der Waals surface area contributed by atoms with E-state index in [-0.39, 0.29) is 11.8 Å². The van der Waals surface area contributed by atoms with E-state index >= 15 is 0 Å². The molecule has 0 aliphatic carbocycles. The molecule has 1 aliphatic heterocycles. The molecule has 1 rings (SSSR count). The van der Waals surface area contributed by atoms with E-state index in [1.54, 1.807) is 0 Å². The van der Waals surface area contributed by atoms with Gasteiger partial charge in [0.15, 0.2) is 0 Å². The van der Waals surface area contributed by atoms with Crippen LogP contribution in [0, 0.1) is 5.92 Å². The molecule has 0 aromatic carbocycles. The van der Waals surface area contributed by atoms with E-state index in [0.717, 1.165) is 32.2 Å². The van der Waals surface area contributed by atoms with Crippen molar-refractivity contribution in [3.05, 3.63) is 11.6 Å². The van der Waals surface area contributed by atoms with Gasteiger partial charge in [-0.25, -0.2) is 0 Å². The third-order valence-corrected chi connectivity index (χ3v) is 2.34. The topological polar surface area (TPSA) is 29.1 Å². The summed E-state index contributed by atoms with van der Waals surface area (Å²) in [4.78, 5) is 11.3. The van der Waals surface area contributed by atoms with Gasteiger partial charge in [-0.05, 0) is 19.3 Å². The van der Waals surface area contributed by atoms with E-state index in [2.05, 4.69) is 5.32 Å². The first-order valence-corrected chi connectivity index (χ1v) is 4.81. The lowest BCUT2D eigenvalue weighted by molar-refractivity contribution is -0.124. The Labute approximate surface area is 78.0 Å². The van der Waals surface area contributed by atoms with Gasteiger partial charge in [0.25, 0.3) is 0 Å². The second-order valence-corrected chi connectivity index (χ2v) is 3.33. The van der Waals surface area contributed by atoms with Gasteiger partial charge in [0.1, 0.15) is 0 Å². The van der Waals surface area contributed by atoms with Gasteiger partial charge in [-0.1, -0.05) is 24.1 Å². The van der Waals surface area contributed by atoms with E-state index in [1.807, 2.05) is 6.08 Å². The molecule has 0 spiro atoms. The first kappa shape index (κ1) is 9.59. The maximum Gasteiger partial charge on any atom is 0.223 e. The first-order valence-electron chi connectivity index (χ1n) is 4.37. The van der Waals surface area contributed by atoms with Crippen LogP contribution in [-0.2, 0) is 4.79 Å². The van der Waals surface area contributed by atoms with Crippen molar-refractivity contribution in [3.63, 3.8) is 0 Å². The highest BCUT2D eigenvalue weighted by Gasteiger charge is 2.18. The number of carbonyl (C=O) groups is 1. The molecule has 0 saturated carbocycles. The summed E-state index contributed by atoms with van der Waals surface area (Å²) in [6.45, 7) is 0.833. The molecule has 1 unspecified atom stereocenters. The minimum atomic E-state index is 0.141. The van der Waals surface area contributed by atoms with Gasteiger partial charge in [-0.15, -0.1) is 0 Å². The Hall–Kier alpha value is -0.500. The molecule has 68 valence electrons. The Morgan fingerprint density at radius 1 is 1.58 bits per heavy atom. The van der Waals surface area contributed by atoms with Crippen LogP contribution in [0.4, 0.5) is 0 Å². The molecule has 0 bridgehead atoms. The second kappa shape index (κ2) is 5.20. The van der Waals surface area contributed by atoms with Crippen molar-refractivity contribution in [2.24, 2.45) is 5.92 Å². The summed E-state index contributed by atoms with van der Waals surface area (Å²) in [6.07, 6.45) is 5.85. The Kier molecular flexibility index (Phi) is 4.15. The van der Waals surface area contributed by atoms with Crippen LogP contribution < -0.4 is 5.32 Å². The van der Waals surface area contributed by atoms with Crippen LogP contribution in [0.25, 0.3) is 0 Å². The van der Waals surface area contributed by atoms with Gasteiger partial charge in [0.05, 0.1) is 0 Å². The molecule has 1 fully saturated rings. The SMILES string of the molecule is O=C1NCCCCC1C/C=C/Cl. The fraction of sp³-hybridized carbons (Fsp3) is 0.667. The minimum Gasteiger partial charge on any atom is -0.356 e. The number of nitrogens with one attached hydrogen (secondary N) is 1. The van der Waals surface area contributed by atoms with E-state index < -0.39 is 0 Å². The molecule has 12 heavy (non-hydrogen) atoms. The smallest absolute Gasteiger partial charge is 0.223 e. The number of halogens is 1. The first-order chi connectivity index (χ1) is 5.84. The lowest BCUT2D eigenvalue weighted by Gasteiger charge is -2.09. The minimum absolute atomic E-state index is 0.141. The zero-order valence-corrected chi connectivity index (χ0v) is 7.81. The van der Waals surface area contributed by atoms with Crippen molar-refractivity contribution in [1.29, 1.82) is 0 Å². The quantitative estimate of drug-likeness (QED) is 0.705. The van der Waals surface area contributed by atoms with E-state index in [4.69, 9.17) is 11.6 Å². The summed E-state index contributed by atoms with van der Waals surface area (Å²) >= 11 is 5.40. The van der Waals surface area contributed by atoms with E-state index in [0.29, 0.717) is 0 Å². The molecular weight excluding hydrogens is 174 g/mol. The summed E-state index contributed by atoms with van der Waals surface area (Å²) in [5, 5.41) is 2.89. The molecule has 1 atom stereocenters. The Bertz CT molecular complexity index is 179. The molecule has 1 heterocycles. The molecule has 1 amide bonds. The number of rotatable bonds is 2. The van der Waals surface area contributed by atoms with Crippen LogP contribution in [0.15, 0.2) is 11.6 Å². The van der Waals surface area contributed by atoms with Gasteiger partial charge in [-0.2, -0.15) is 0 Å². The van der Waals surface area contributed by atoms with Crippen molar-refractivity contribution >= 4 is 17.5 Å². The maximum absolute atomic E-state index is 11.3. The zero-order valence-electron chi connectivity index (χ0n) is 7.05. The maximum atomic E-state index is 11.3. The Morgan fingerprint density at radius 2 is 2.42 bits per heavy atom. The highest BCUT2D eigenvalue weighted by Crippen LogP contribution is 2.16. The van der Waals surface area contributed by atoms with Crippen molar-refractivity contribution in [2.75, 3.05) is 6.54 Å².